The molecule has 0 spiro atoms. The molecule has 6 aromatic rings. The van der Waals surface area contributed by atoms with Gasteiger partial charge in [-0.3, -0.25) is 0 Å². The largest absolute Gasteiger partial charge is 0.153 e. The van der Waals surface area contributed by atoms with Crippen LogP contribution in [0.5, 0.6) is 0 Å². The van der Waals surface area contributed by atoms with Gasteiger partial charge in [-0.05, 0) is 40.9 Å². The quantitative estimate of drug-likeness (QED) is 0.152. The van der Waals surface area contributed by atoms with E-state index in [1.807, 2.05) is 22.7 Å². The lowest BCUT2D eigenvalue weighted by molar-refractivity contribution is 1.81. The van der Waals surface area contributed by atoms with Crippen LogP contribution in [0.1, 0.15) is 0 Å². The van der Waals surface area contributed by atoms with Crippen molar-refractivity contribution in [3.05, 3.63) is 8.95 Å². The van der Waals surface area contributed by atoms with Crippen LogP contribution in [0.2, 0.25) is 78.6 Å². The highest BCUT2D eigenvalue weighted by molar-refractivity contribution is 9.11. The van der Waals surface area contributed by atoms with Gasteiger partial charge in [-0.15, -0.1) is 45.3 Å². The van der Waals surface area contributed by atoms with E-state index in [1.165, 1.54) is 37.5 Å². The van der Waals surface area contributed by atoms with Crippen molar-refractivity contribution in [3.63, 3.8) is 0 Å². The van der Waals surface area contributed by atoms with Crippen LogP contribution in [0.25, 0.3) is 48.7 Å². The molecule has 0 saturated carbocycles. The Hall–Kier alpha value is 1.07. The molecule has 6 heterocycles. The molecule has 0 aliphatic heterocycles. The van der Waals surface area contributed by atoms with Gasteiger partial charge in [0.2, 0.25) is 0 Å². The zero-order chi connectivity index (χ0) is 29.5. The molecule has 0 saturated heterocycles. The summed E-state index contributed by atoms with van der Waals surface area (Å²) in [4.78, 5) is 2.82. The Morgan fingerprint density at radius 3 is 0.925 bits per heavy atom. The Bertz CT molecular complexity index is 1820. The van der Waals surface area contributed by atoms with Crippen molar-refractivity contribution in [1.82, 2.24) is 0 Å². The summed E-state index contributed by atoms with van der Waals surface area (Å²) in [5.74, 6) is 0. The fourth-order valence-electron chi connectivity index (χ4n) is 5.28. The fraction of sp³-hybridized carbons (Fsp3) is 0.429. The topological polar surface area (TPSA) is 0 Å². The van der Waals surface area contributed by atoms with Crippen LogP contribution in [-0.4, -0.2) is 32.3 Å². The van der Waals surface area contributed by atoms with Gasteiger partial charge in [0.15, 0.2) is 0 Å². The van der Waals surface area contributed by atoms with Crippen molar-refractivity contribution in [2.45, 2.75) is 78.6 Å². The first-order chi connectivity index (χ1) is 18.2. The molecule has 0 amide bonds. The predicted molar refractivity (Wildman–Crippen MR) is 216 cm³/mol. The van der Waals surface area contributed by atoms with E-state index in [4.69, 9.17) is 0 Å². The summed E-state index contributed by atoms with van der Waals surface area (Å²) in [6.07, 6.45) is 0. The highest BCUT2D eigenvalue weighted by atomic mass is 79.9. The molecule has 0 aliphatic rings. The van der Waals surface area contributed by atoms with Crippen molar-refractivity contribution in [2.75, 3.05) is 0 Å². The van der Waals surface area contributed by atoms with Crippen LogP contribution >= 0.6 is 99.9 Å². The highest BCUT2D eigenvalue weighted by Gasteiger charge is 2.35. The van der Waals surface area contributed by atoms with Gasteiger partial charge in [0.25, 0.3) is 0 Å². The second kappa shape index (κ2) is 9.78. The average Bonchev–Trinajstić information content (AvgIpc) is 3.55. The summed E-state index contributed by atoms with van der Waals surface area (Å²) in [6, 6.07) is 0. The lowest BCUT2D eigenvalue weighted by Crippen LogP contribution is -2.38. The van der Waals surface area contributed by atoms with E-state index in [2.05, 4.69) is 156 Å². The first kappa shape index (κ1) is 31.1. The second-order valence-electron chi connectivity index (χ2n) is 14.9. The van der Waals surface area contributed by atoms with Gasteiger partial charge in [-0.25, -0.2) is 0 Å². The van der Waals surface area contributed by atoms with Crippen LogP contribution in [0.3, 0.4) is 0 Å². The first-order valence-corrected chi connectivity index (χ1v) is 34.1. The Balaban J connectivity index is 1.64. The van der Waals surface area contributed by atoms with E-state index in [0.29, 0.717) is 0 Å². The third-order valence-electron chi connectivity index (χ3n) is 7.14. The molecular formula is C28H36Br2S6Si4. The normalized spacial score (nSPS) is 14.2. The SMILES string of the molecule is C[Si](C)(C)c1sc([Si](C)(C)C)c2c1sc1c(Br)c(-c3sc4c(sc5c([Si](C)(C)C)sc([Si](C)(C)C)c54)c3Br)sc12. The van der Waals surface area contributed by atoms with E-state index in [1.54, 1.807) is 38.2 Å². The predicted octanol–water partition coefficient (Wildman–Crippen LogP) is 12.0. The summed E-state index contributed by atoms with van der Waals surface area (Å²) in [5.41, 5.74) is 0. The van der Waals surface area contributed by atoms with Gasteiger partial charge in [-0.1, -0.05) is 78.6 Å². The van der Waals surface area contributed by atoms with E-state index < -0.39 is 32.3 Å². The van der Waals surface area contributed by atoms with Gasteiger partial charge in [-0.2, -0.15) is 22.7 Å². The van der Waals surface area contributed by atoms with Crippen molar-refractivity contribution in [1.29, 1.82) is 0 Å². The average molecular weight is 837 g/mol. The lowest BCUT2D eigenvalue weighted by Gasteiger charge is -2.16. The number of fused-ring (bicyclic) bond motifs is 6. The van der Waals surface area contributed by atoms with Gasteiger partial charge < -0.3 is 0 Å². The molecule has 6 rings (SSSR count). The maximum absolute atomic E-state index is 4.16. The minimum Gasteiger partial charge on any atom is -0.153 e. The Morgan fingerprint density at radius 2 is 0.650 bits per heavy atom. The van der Waals surface area contributed by atoms with Gasteiger partial charge in [0.05, 0.1) is 69.8 Å². The summed E-state index contributed by atoms with van der Waals surface area (Å²) >= 11 is 20.8. The van der Waals surface area contributed by atoms with E-state index >= 15 is 0 Å². The molecule has 0 fully saturated rings. The van der Waals surface area contributed by atoms with E-state index in [9.17, 15) is 0 Å². The zero-order valence-electron chi connectivity index (χ0n) is 25.2. The summed E-state index contributed by atoms with van der Waals surface area (Å²) in [6.45, 7) is 30.3. The highest BCUT2D eigenvalue weighted by Crippen LogP contribution is 2.56. The maximum Gasteiger partial charge on any atom is 0.0923 e. The molecule has 0 radical (unpaired) electrons. The minimum atomic E-state index is -1.48. The molecule has 0 N–H and O–H groups in total. The van der Waals surface area contributed by atoms with Crippen molar-refractivity contribution in [3.8, 4) is 9.75 Å². The number of rotatable bonds is 5. The monoisotopic (exact) mass is 834 g/mol. The fourth-order valence-corrected chi connectivity index (χ4v) is 27.8. The van der Waals surface area contributed by atoms with Crippen LogP contribution in [0.15, 0.2) is 8.95 Å². The third-order valence-corrected chi connectivity index (χ3v) is 32.3. The molecular weight excluding hydrogens is 801 g/mol. The van der Waals surface area contributed by atoms with Crippen molar-refractivity contribution >= 4 is 189 Å². The first-order valence-electron chi connectivity index (χ1n) is 13.6. The summed E-state index contributed by atoms with van der Waals surface area (Å²) in [7, 11) is -5.80. The minimum absolute atomic E-state index is 1.31. The molecule has 0 aliphatic carbocycles. The number of hydrogen-bond donors (Lipinski definition) is 0. The molecule has 6 aromatic heterocycles. The Kier molecular flexibility index (Phi) is 7.60. The molecule has 0 unspecified atom stereocenters. The maximum atomic E-state index is 4.16. The Morgan fingerprint density at radius 1 is 0.350 bits per heavy atom. The molecule has 0 bridgehead atoms. The summed E-state index contributed by atoms with van der Waals surface area (Å²) < 4.78 is 18.6. The van der Waals surface area contributed by atoms with E-state index in [0.717, 1.165) is 0 Å². The standard InChI is InChI=1S/C28H36Br2S6Si4/c1-37(2,3)25-13-17-21(33-19(13)27(35-25)39(7,8)9)15(29)23(31-17)24-16(30)22-18(32-24)14-20(34-22)28(40(10,11)12)36-26(14)38(4,5)6/h1-12H3. The lowest BCUT2D eigenvalue weighted by atomic mass is 10.3. The van der Waals surface area contributed by atoms with Gasteiger partial charge in [0.1, 0.15) is 0 Å². The third kappa shape index (κ3) is 4.76. The molecule has 0 nitrogen and oxygen atoms in total. The smallest absolute Gasteiger partial charge is 0.0923 e. The van der Waals surface area contributed by atoms with E-state index in [-0.39, 0.29) is 0 Å². The van der Waals surface area contributed by atoms with Crippen molar-refractivity contribution in [2.24, 2.45) is 0 Å². The van der Waals surface area contributed by atoms with Crippen molar-refractivity contribution < 1.29 is 0 Å². The molecule has 0 atom stereocenters. The number of thiophene rings is 6. The Labute approximate surface area is 283 Å². The van der Waals surface area contributed by atoms with Crippen LogP contribution in [-0.2, 0) is 0 Å². The molecule has 12 heteroatoms. The van der Waals surface area contributed by atoms with Crippen LogP contribution in [0.4, 0.5) is 0 Å². The zero-order valence-corrected chi connectivity index (χ0v) is 37.3. The molecule has 214 valence electrons. The van der Waals surface area contributed by atoms with Crippen LogP contribution in [0, 0.1) is 0 Å². The second-order valence-corrected chi connectivity index (χ2v) is 44.1. The number of halogens is 2. The van der Waals surface area contributed by atoms with Crippen LogP contribution < -0.4 is 18.0 Å². The number of hydrogen-bond acceptors (Lipinski definition) is 6. The summed E-state index contributed by atoms with van der Waals surface area (Å²) in [5, 5.41) is 3.21. The van der Waals surface area contributed by atoms with Gasteiger partial charge >= 0.3 is 0 Å². The van der Waals surface area contributed by atoms with Gasteiger partial charge in [0, 0.05) is 29.2 Å². The molecule has 0 aromatic carbocycles. The molecule has 40 heavy (non-hydrogen) atoms.